The summed E-state index contributed by atoms with van der Waals surface area (Å²) in [5.41, 5.74) is 3.48. The highest BCUT2D eigenvalue weighted by molar-refractivity contribution is 5.88. The lowest BCUT2D eigenvalue weighted by molar-refractivity contribution is 0.311. The molecule has 0 unspecified atom stereocenters. The lowest BCUT2D eigenvalue weighted by atomic mass is 9.99. The molecule has 1 aliphatic heterocycles. The molecule has 0 spiro atoms. The van der Waals surface area contributed by atoms with Crippen LogP contribution < -0.4 is 19.1 Å². The van der Waals surface area contributed by atoms with Crippen LogP contribution in [0.4, 0.5) is 5.69 Å². The summed E-state index contributed by atoms with van der Waals surface area (Å²) < 4.78 is 16.7. The van der Waals surface area contributed by atoms with Crippen LogP contribution in [-0.2, 0) is 6.42 Å². The van der Waals surface area contributed by atoms with Crippen molar-refractivity contribution >= 4 is 16.5 Å². The van der Waals surface area contributed by atoms with E-state index in [0.29, 0.717) is 5.75 Å². The maximum atomic E-state index is 5.83. The predicted octanol–water partition coefficient (Wildman–Crippen LogP) is 3.67. The Kier molecular flexibility index (Phi) is 4.29. The van der Waals surface area contributed by atoms with Gasteiger partial charge >= 0.3 is 0 Å². The molecule has 4 rings (SSSR count). The van der Waals surface area contributed by atoms with Gasteiger partial charge in [0.05, 0.1) is 26.5 Å². The zero-order chi connectivity index (χ0) is 18.1. The van der Waals surface area contributed by atoms with Gasteiger partial charge in [-0.3, -0.25) is 4.98 Å². The number of pyridine rings is 1. The number of hydrogen-bond donors (Lipinski definition) is 0. The maximum absolute atomic E-state index is 5.83. The zero-order valence-electron chi connectivity index (χ0n) is 15.3. The molecule has 0 saturated carbocycles. The first-order valence-corrected chi connectivity index (χ1v) is 8.65. The van der Waals surface area contributed by atoms with Gasteiger partial charge in [0, 0.05) is 24.8 Å². The van der Waals surface area contributed by atoms with Gasteiger partial charge in [-0.05, 0) is 47.2 Å². The van der Waals surface area contributed by atoms with Gasteiger partial charge in [-0.25, -0.2) is 0 Å². The maximum Gasteiger partial charge on any atom is 0.161 e. The molecule has 5 heteroatoms. The molecule has 2 heterocycles. The Morgan fingerprint density at radius 2 is 1.88 bits per heavy atom. The van der Waals surface area contributed by atoms with Crippen LogP contribution in [-0.4, -0.2) is 39.4 Å². The number of hydrogen-bond acceptors (Lipinski definition) is 5. The Labute approximate surface area is 153 Å². The van der Waals surface area contributed by atoms with Crippen LogP contribution in [0.25, 0.3) is 10.8 Å². The van der Waals surface area contributed by atoms with Crippen molar-refractivity contribution in [2.45, 2.75) is 6.42 Å². The molecular weight excluding hydrogens is 328 g/mol. The molecule has 26 heavy (non-hydrogen) atoms. The molecule has 0 radical (unpaired) electrons. The Bertz CT molecular complexity index is 955. The Balaban J connectivity index is 1.73. The summed E-state index contributed by atoms with van der Waals surface area (Å²) in [6.45, 7) is 1.64. The third kappa shape index (κ3) is 2.90. The molecule has 0 fully saturated rings. The predicted molar refractivity (Wildman–Crippen MR) is 103 cm³/mol. The summed E-state index contributed by atoms with van der Waals surface area (Å²) >= 11 is 0. The minimum Gasteiger partial charge on any atom is -0.493 e. The van der Waals surface area contributed by atoms with Gasteiger partial charge in [0.15, 0.2) is 11.5 Å². The van der Waals surface area contributed by atoms with E-state index in [0.717, 1.165) is 53.1 Å². The lowest BCUT2D eigenvalue weighted by Crippen LogP contribution is -2.28. The summed E-state index contributed by atoms with van der Waals surface area (Å²) in [4.78, 5) is 6.63. The van der Waals surface area contributed by atoms with Crippen molar-refractivity contribution in [1.29, 1.82) is 0 Å². The molecule has 134 valence electrons. The summed E-state index contributed by atoms with van der Waals surface area (Å²) in [5.74, 6) is 2.38. The van der Waals surface area contributed by atoms with E-state index in [-0.39, 0.29) is 0 Å². The molecule has 2 aromatic carbocycles. The quantitative estimate of drug-likeness (QED) is 0.718. The largest absolute Gasteiger partial charge is 0.493 e. The van der Waals surface area contributed by atoms with Crippen LogP contribution in [0, 0.1) is 0 Å². The van der Waals surface area contributed by atoms with E-state index in [9.17, 15) is 0 Å². The number of aromatic nitrogens is 1. The van der Waals surface area contributed by atoms with Gasteiger partial charge < -0.3 is 19.1 Å². The fraction of sp³-hybridized carbons (Fsp3) is 0.286. The Morgan fingerprint density at radius 1 is 1.08 bits per heavy atom. The number of benzene rings is 2. The molecule has 0 N–H and O–H groups in total. The standard InChI is InChI=1S/C21H22N2O3/c1-23-6-7-26-19-9-14(4-5-18(19)23)8-15-12-22-13-16-10-20(24-2)21(25-3)11-17(15)16/h4-5,9-13H,6-8H2,1-3H3. The number of ether oxygens (including phenoxy) is 3. The van der Waals surface area contributed by atoms with Gasteiger partial charge in [0.2, 0.25) is 0 Å². The second-order valence-electron chi connectivity index (χ2n) is 6.48. The molecule has 1 aliphatic rings. The molecule has 0 amide bonds. The molecule has 0 saturated heterocycles. The molecule has 5 nitrogen and oxygen atoms in total. The summed E-state index contributed by atoms with van der Waals surface area (Å²) in [7, 11) is 5.39. The van der Waals surface area contributed by atoms with Gasteiger partial charge in [-0.15, -0.1) is 0 Å². The van der Waals surface area contributed by atoms with Gasteiger partial charge in [0.1, 0.15) is 12.4 Å². The third-order valence-electron chi connectivity index (χ3n) is 4.86. The summed E-state index contributed by atoms with van der Waals surface area (Å²) in [6.07, 6.45) is 4.55. The number of anilines is 1. The first-order valence-electron chi connectivity index (χ1n) is 8.65. The van der Waals surface area contributed by atoms with Crippen molar-refractivity contribution < 1.29 is 14.2 Å². The number of fused-ring (bicyclic) bond motifs is 2. The SMILES string of the molecule is COc1cc2cncc(Cc3ccc4c(c3)OCCN4C)c2cc1OC. The fourth-order valence-electron chi connectivity index (χ4n) is 3.43. The van der Waals surface area contributed by atoms with Crippen molar-refractivity contribution in [2.24, 2.45) is 0 Å². The van der Waals surface area contributed by atoms with Crippen molar-refractivity contribution in [1.82, 2.24) is 4.98 Å². The van der Waals surface area contributed by atoms with E-state index in [1.807, 2.05) is 24.5 Å². The number of nitrogens with zero attached hydrogens (tertiary/aromatic N) is 2. The highest BCUT2D eigenvalue weighted by Gasteiger charge is 2.16. The first kappa shape index (κ1) is 16.5. The van der Waals surface area contributed by atoms with E-state index in [2.05, 4.69) is 35.1 Å². The van der Waals surface area contributed by atoms with Crippen LogP contribution in [0.2, 0.25) is 0 Å². The second-order valence-corrected chi connectivity index (χ2v) is 6.48. The van der Waals surface area contributed by atoms with E-state index in [1.165, 1.54) is 5.56 Å². The van der Waals surface area contributed by atoms with Gasteiger partial charge in [-0.1, -0.05) is 6.07 Å². The average molecular weight is 350 g/mol. The molecule has 0 bridgehead atoms. The van der Waals surface area contributed by atoms with E-state index < -0.39 is 0 Å². The van der Waals surface area contributed by atoms with Crippen LogP contribution in [0.3, 0.4) is 0 Å². The van der Waals surface area contributed by atoms with Gasteiger partial charge in [-0.2, -0.15) is 0 Å². The van der Waals surface area contributed by atoms with Gasteiger partial charge in [0.25, 0.3) is 0 Å². The third-order valence-corrected chi connectivity index (χ3v) is 4.86. The van der Waals surface area contributed by atoms with Crippen molar-refractivity contribution in [3.8, 4) is 17.2 Å². The highest BCUT2D eigenvalue weighted by Crippen LogP contribution is 2.35. The van der Waals surface area contributed by atoms with Crippen molar-refractivity contribution in [3.05, 3.63) is 53.9 Å². The minimum absolute atomic E-state index is 0.712. The van der Waals surface area contributed by atoms with E-state index in [1.54, 1.807) is 14.2 Å². The van der Waals surface area contributed by atoms with E-state index >= 15 is 0 Å². The summed E-state index contributed by atoms with van der Waals surface area (Å²) in [6, 6.07) is 10.4. The number of likely N-dealkylation sites (N-methyl/N-ethyl adjacent to an activating group) is 1. The minimum atomic E-state index is 0.712. The van der Waals surface area contributed by atoms with Crippen LogP contribution in [0.5, 0.6) is 17.2 Å². The number of rotatable bonds is 4. The smallest absolute Gasteiger partial charge is 0.161 e. The molecule has 1 aromatic heterocycles. The normalized spacial score (nSPS) is 13.3. The second kappa shape index (κ2) is 6.75. The summed E-state index contributed by atoms with van der Waals surface area (Å²) in [5, 5.41) is 2.16. The Morgan fingerprint density at radius 3 is 2.69 bits per heavy atom. The molecule has 0 atom stereocenters. The number of methoxy groups -OCH3 is 2. The van der Waals surface area contributed by atoms with Crippen LogP contribution in [0.15, 0.2) is 42.7 Å². The van der Waals surface area contributed by atoms with Crippen LogP contribution >= 0.6 is 0 Å². The zero-order valence-corrected chi connectivity index (χ0v) is 15.3. The molecule has 3 aromatic rings. The highest BCUT2D eigenvalue weighted by atomic mass is 16.5. The average Bonchev–Trinajstić information content (AvgIpc) is 2.67. The van der Waals surface area contributed by atoms with Crippen molar-refractivity contribution in [2.75, 3.05) is 39.3 Å². The molecular formula is C21H22N2O3. The Hall–Kier alpha value is -2.95. The van der Waals surface area contributed by atoms with Crippen molar-refractivity contribution in [3.63, 3.8) is 0 Å². The monoisotopic (exact) mass is 350 g/mol. The first-order chi connectivity index (χ1) is 12.7. The molecule has 0 aliphatic carbocycles. The van der Waals surface area contributed by atoms with Crippen LogP contribution in [0.1, 0.15) is 11.1 Å². The lowest BCUT2D eigenvalue weighted by Gasteiger charge is -2.28. The topological polar surface area (TPSA) is 43.8 Å². The fourth-order valence-corrected chi connectivity index (χ4v) is 3.43. The van der Waals surface area contributed by atoms with E-state index in [4.69, 9.17) is 14.2 Å².